The van der Waals surface area contributed by atoms with Crippen molar-refractivity contribution in [3.05, 3.63) is 29.6 Å². The van der Waals surface area contributed by atoms with E-state index in [0.29, 0.717) is 18.8 Å². The van der Waals surface area contributed by atoms with Crippen LogP contribution in [-0.4, -0.2) is 37.5 Å². The largest absolute Gasteiger partial charge is 0.365 e. The normalized spacial score (nSPS) is 9.84. The summed E-state index contributed by atoms with van der Waals surface area (Å²) < 4.78 is 13.5. The predicted octanol–water partition coefficient (Wildman–Crippen LogP) is 2.00. The van der Waals surface area contributed by atoms with E-state index in [9.17, 15) is 9.18 Å². The van der Waals surface area contributed by atoms with Crippen LogP contribution >= 0.6 is 0 Å². The van der Waals surface area contributed by atoms with E-state index in [2.05, 4.69) is 0 Å². The van der Waals surface area contributed by atoms with Gasteiger partial charge in [-0.1, -0.05) is 0 Å². The molecule has 0 saturated heterocycles. The van der Waals surface area contributed by atoms with Gasteiger partial charge >= 0.3 is 0 Å². The van der Waals surface area contributed by atoms with Crippen LogP contribution in [0.5, 0.6) is 0 Å². The second kappa shape index (κ2) is 6.74. The molecule has 4 nitrogen and oxygen atoms in total. The number of anilines is 1. The molecule has 0 aromatic heterocycles. The number of amides is 1. The van der Waals surface area contributed by atoms with Crippen LogP contribution < -0.4 is 4.90 Å². The maximum Gasteiger partial charge on any atom is 0.242 e. The lowest BCUT2D eigenvalue weighted by molar-refractivity contribution is -0.129. The zero-order valence-corrected chi connectivity index (χ0v) is 11.5. The third-order valence-corrected chi connectivity index (χ3v) is 3.00. The molecule has 0 saturated carbocycles. The molecular weight excluding hydrogens is 245 g/mol. The van der Waals surface area contributed by atoms with Crippen molar-refractivity contribution in [1.29, 1.82) is 5.26 Å². The van der Waals surface area contributed by atoms with E-state index in [1.54, 1.807) is 29.0 Å². The molecule has 0 N–H and O–H groups in total. The van der Waals surface area contributed by atoms with Gasteiger partial charge in [-0.25, -0.2) is 4.39 Å². The van der Waals surface area contributed by atoms with Crippen molar-refractivity contribution < 1.29 is 9.18 Å². The van der Waals surface area contributed by atoms with Crippen LogP contribution in [-0.2, 0) is 4.79 Å². The Morgan fingerprint density at radius 1 is 1.37 bits per heavy atom. The minimum atomic E-state index is -0.567. The van der Waals surface area contributed by atoms with E-state index < -0.39 is 5.82 Å². The second-order valence-electron chi connectivity index (χ2n) is 4.20. The molecule has 1 aromatic rings. The van der Waals surface area contributed by atoms with Gasteiger partial charge in [0, 0.05) is 25.8 Å². The quantitative estimate of drug-likeness (QED) is 0.816. The third-order valence-electron chi connectivity index (χ3n) is 3.00. The van der Waals surface area contributed by atoms with Gasteiger partial charge in [0.1, 0.15) is 11.9 Å². The summed E-state index contributed by atoms with van der Waals surface area (Å²) >= 11 is 0. The molecular formula is C14H18FN3O. The molecule has 0 heterocycles. The van der Waals surface area contributed by atoms with Crippen molar-refractivity contribution >= 4 is 11.6 Å². The van der Waals surface area contributed by atoms with Crippen molar-refractivity contribution in [2.45, 2.75) is 13.8 Å². The van der Waals surface area contributed by atoms with Gasteiger partial charge in [0.15, 0.2) is 0 Å². The lowest BCUT2D eigenvalue weighted by Crippen LogP contribution is -2.38. The molecule has 0 bridgehead atoms. The van der Waals surface area contributed by atoms with E-state index in [0.717, 1.165) is 0 Å². The van der Waals surface area contributed by atoms with Gasteiger partial charge in [0.25, 0.3) is 0 Å². The highest BCUT2D eigenvalue weighted by Crippen LogP contribution is 2.17. The van der Waals surface area contributed by atoms with Crippen molar-refractivity contribution in [3.63, 3.8) is 0 Å². The molecule has 0 aliphatic rings. The average molecular weight is 263 g/mol. The number of hydrogen-bond donors (Lipinski definition) is 0. The number of likely N-dealkylation sites (N-methyl/N-ethyl adjacent to an activating group) is 2. The lowest BCUT2D eigenvalue weighted by atomic mass is 10.2. The molecule has 5 heteroatoms. The van der Waals surface area contributed by atoms with Crippen molar-refractivity contribution in [1.82, 2.24) is 4.90 Å². The summed E-state index contributed by atoms with van der Waals surface area (Å²) in [6.45, 7) is 5.34. The van der Waals surface area contributed by atoms with Gasteiger partial charge in [0.05, 0.1) is 12.1 Å². The molecule has 0 fully saturated rings. The zero-order chi connectivity index (χ0) is 14.4. The zero-order valence-electron chi connectivity index (χ0n) is 11.5. The molecule has 0 aliphatic heterocycles. The van der Waals surface area contributed by atoms with Crippen molar-refractivity contribution in [2.24, 2.45) is 0 Å². The monoisotopic (exact) mass is 263 g/mol. The first-order valence-corrected chi connectivity index (χ1v) is 6.22. The maximum atomic E-state index is 13.5. The standard InChI is InChI=1S/C14H18FN3O/c1-4-18(5-2)14(19)10-17(3)12-7-6-11(9-16)13(15)8-12/h6-8H,4-5,10H2,1-3H3. The minimum absolute atomic E-state index is 0.00253. The summed E-state index contributed by atoms with van der Waals surface area (Å²) in [4.78, 5) is 15.3. The number of rotatable bonds is 5. The van der Waals surface area contributed by atoms with E-state index in [1.807, 2.05) is 13.8 Å². The summed E-state index contributed by atoms with van der Waals surface area (Å²) in [7, 11) is 1.72. The second-order valence-corrected chi connectivity index (χ2v) is 4.20. The van der Waals surface area contributed by atoms with Crippen LogP contribution in [0.2, 0.25) is 0 Å². The SMILES string of the molecule is CCN(CC)C(=O)CN(C)c1ccc(C#N)c(F)c1. The first-order valence-electron chi connectivity index (χ1n) is 6.22. The van der Waals surface area contributed by atoms with Gasteiger partial charge in [-0.2, -0.15) is 5.26 Å². The number of benzene rings is 1. The molecule has 1 rings (SSSR count). The highest BCUT2D eigenvalue weighted by Gasteiger charge is 2.13. The third kappa shape index (κ3) is 3.68. The number of halogens is 1. The summed E-state index contributed by atoms with van der Waals surface area (Å²) in [6, 6.07) is 6.10. The molecule has 102 valence electrons. The topological polar surface area (TPSA) is 47.3 Å². The van der Waals surface area contributed by atoms with Crippen molar-refractivity contribution in [3.8, 4) is 6.07 Å². The van der Waals surface area contributed by atoms with Gasteiger partial charge in [-0.3, -0.25) is 4.79 Å². The Morgan fingerprint density at radius 3 is 2.47 bits per heavy atom. The van der Waals surface area contributed by atoms with Crippen LogP contribution in [0.25, 0.3) is 0 Å². The Hall–Kier alpha value is -2.09. The van der Waals surface area contributed by atoms with Gasteiger partial charge in [-0.15, -0.1) is 0 Å². The fourth-order valence-corrected chi connectivity index (χ4v) is 1.80. The van der Waals surface area contributed by atoms with Crippen LogP contribution in [0.15, 0.2) is 18.2 Å². The average Bonchev–Trinajstić information content (AvgIpc) is 2.39. The van der Waals surface area contributed by atoms with E-state index in [4.69, 9.17) is 5.26 Å². The minimum Gasteiger partial charge on any atom is -0.365 e. The maximum absolute atomic E-state index is 13.5. The Bertz CT molecular complexity index is 492. The Labute approximate surface area is 113 Å². The summed E-state index contributed by atoms with van der Waals surface area (Å²) in [5.74, 6) is -0.570. The molecule has 1 amide bonds. The molecule has 0 aliphatic carbocycles. The van der Waals surface area contributed by atoms with E-state index in [-0.39, 0.29) is 18.0 Å². The van der Waals surface area contributed by atoms with Crippen LogP contribution in [0, 0.1) is 17.1 Å². The molecule has 0 spiro atoms. The van der Waals surface area contributed by atoms with Gasteiger partial charge < -0.3 is 9.80 Å². The van der Waals surface area contributed by atoms with E-state index in [1.165, 1.54) is 12.1 Å². The fraction of sp³-hybridized carbons (Fsp3) is 0.429. The molecule has 0 unspecified atom stereocenters. The molecule has 19 heavy (non-hydrogen) atoms. The number of carbonyl (C=O) groups excluding carboxylic acids is 1. The molecule has 1 aromatic carbocycles. The fourth-order valence-electron chi connectivity index (χ4n) is 1.80. The molecule has 0 radical (unpaired) electrons. The number of nitriles is 1. The Morgan fingerprint density at radius 2 is 2.00 bits per heavy atom. The highest BCUT2D eigenvalue weighted by atomic mass is 19.1. The molecule has 0 atom stereocenters. The van der Waals surface area contributed by atoms with E-state index >= 15 is 0 Å². The number of carbonyl (C=O) groups is 1. The number of nitrogens with zero attached hydrogens (tertiary/aromatic N) is 3. The van der Waals surface area contributed by atoms with Gasteiger partial charge in [-0.05, 0) is 32.0 Å². The summed E-state index contributed by atoms with van der Waals surface area (Å²) in [5.41, 5.74) is 0.587. The van der Waals surface area contributed by atoms with Crippen LogP contribution in [0.4, 0.5) is 10.1 Å². The smallest absolute Gasteiger partial charge is 0.242 e. The van der Waals surface area contributed by atoms with Crippen molar-refractivity contribution in [2.75, 3.05) is 31.6 Å². The van der Waals surface area contributed by atoms with Crippen LogP contribution in [0.3, 0.4) is 0 Å². The number of hydrogen-bond acceptors (Lipinski definition) is 3. The van der Waals surface area contributed by atoms with Crippen LogP contribution in [0.1, 0.15) is 19.4 Å². The Balaban J connectivity index is 2.79. The Kier molecular flexibility index (Phi) is 5.31. The highest BCUT2D eigenvalue weighted by molar-refractivity contribution is 5.81. The summed E-state index contributed by atoms with van der Waals surface area (Å²) in [5, 5.41) is 8.67. The van der Waals surface area contributed by atoms with Gasteiger partial charge in [0.2, 0.25) is 5.91 Å². The first-order chi connectivity index (χ1) is 9.03. The lowest BCUT2D eigenvalue weighted by Gasteiger charge is -2.24. The predicted molar refractivity (Wildman–Crippen MR) is 72.3 cm³/mol. The summed E-state index contributed by atoms with van der Waals surface area (Å²) in [6.07, 6.45) is 0. The first kappa shape index (κ1) is 15.0.